The third-order valence-corrected chi connectivity index (χ3v) is 4.29. The van der Waals surface area contributed by atoms with E-state index in [9.17, 15) is 14.4 Å². The van der Waals surface area contributed by atoms with E-state index in [1.165, 1.54) is 6.20 Å². The number of halogens is 1. The highest BCUT2D eigenvalue weighted by atomic mass is 35.5. The van der Waals surface area contributed by atoms with Crippen molar-refractivity contribution in [3.05, 3.63) is 70.9 Å². The molecule has 0 aliphatic carbocycles. The summed E-state index contributed by atoms with van der Waals surface area (Å²) in [5.74, 6) is -1.14. The second-order valence-corrected chi connectivity index (χ2v) is 6.26. The van der Waals surface area contributed by atoms with Gasteiger partial charge in [0.25, 0.3) is 11.8 Å². The largest absolute Gasteiger partial charge is 0.420 e. The van der Waals surface area contributed by atoms with Crippen LogP contribution in [0.3, 0.4) is 0 Å². The molecule has 0 saturated carbocycles. The highest BCUT2D eigenvalue weighted by Gasteiger charge is 2.36. The van der Waals surface area contributed by atoms with Crippen LogP contribution in [0.25, 0.3) is 11.5 Å². The van der Waals surface area contributed by atoms with E-state index >= 15 is 0 Å². The van der Waals surface area contributed by atoms with Crippen LogP contribution < -0.4 is 5.32 Å². The van der Waals surface area contributed by atoms with Crippen molar-refractivity contribution in [2.45, 2.75) is 0 Å². The molecule has 27 heavy (non-hydrogen) atoms. The van der Waals surface area contributed by atoms with Crippen molar-refractivity contribution in [1.29, 1.82) is 0 Å². The van der Waals surface area contributed by atoms with Gasteiger partial charge < -0.3 is 4.42 Å². The summed E-state index contributed by atoms with van der Waals surface area (Å²) >= 11 is 5.84. The molecular weight excluding hydrogens is 370 g/mol. The maximum atomic E-state index is 12.3. The molecule has 0 radical (unpaired) electrons. The fourth-order valence-corrected chi connectivity index (χ4v) is 2.89. The monoisotopic (exact) mass is 381 g/mol. The van der Waals surface area contributed by atoms with Gasteiger partial charge in [0.15, 0.2) is 0 Å². The summed E-state index contributed by atoms with van der Waals surface area (Å²) in [5.41, 5.74) is 1.28. The zero-order valence-corrected chi connectivity index (χ0v) is 14.6. The zero-order valence-electron chi connectivity index (χ0n) is 13.8. The number of anilines is 1. The van der Waals surface area contributed by atoms with Crippen LogP contribution >= 0.6 is 11.6 Å². The first-order valence-electron chi connectivity index (χ1n) is 8.00. The van der Waals surface area contributed by atoms with Gasteiger partial charge in [-0.1, -0.05) is 23.7 Å². The van der Waals surface area contributed by atoms with Gasteiger partial charge in [-0.15, -0.1) is 0 Å². The van der Waals surface area contributed by atoms with Gasteiger partial charge in [-0.25, -0.2) is 4.98 Å². The Morgan fingerprint density at radius 3 is 2.30 bits per heavy atom. The number of nitrogens with zero attached hydrogens (tertiary/aromatic N) is 2. The number of benzene rings is 2. The predicted molar refractivity (Wildman–Crippen MR) is 97.4 cm³/mol. The molecule has 134 valence electrons. The Morgan fingerprint density at radius 2 is 1.67 bits per heavy atom. The summed E-state index contributed by atoms with van der Waals surface area (Å²) in [7, 11) is 0. The van der Waals surface area contributed by atoms with Gasteiger partial charge in [0.05, 0.1) is 17.3 Å². The van der Waals surface area contributed by atoms with E-state index in [4.69, 9.17) is 16.0 Å². The van der Waals surface area contributed by atoms with Crippen molar-refractivity contribution in [2.75, 3.05) is 11.9 Å². The van der Waals surface area contributed by atoms with E-state index in [2.05, 4.69) is 10.3 Å². The quantitative estimate of drug-likeness (QED) is 0.700. The zero-order chi connectivity index (χ0) is 19.0. The number of aromatic nitrogens is 1. The molecule has 7 nitrogen and oxygen atoms in total. The average Bonchev–Trinajstić information content (AvgIpc) is 3.22. The Labute approximate surface area is 158 Å². The molecule has 1 aliphatic heterocycles. The molecule has 0 bridgehead atoms. The van der Waals surface area contributed by atoms with E-state index < -0.39 is 24.3 Å². The number of oxazole rings is 1. The Morgan fingerprint density at radius 1 is 1.04 bits per heavy atom. The molecule has 1 N–H and O–H groups in total. The SMILES string of the molecule is O=C(CN1C(=O)c2ccccc2C1=O)Nc1cnc(-c2ccc(Cl)cc2)o1. The summed E-state index contributed by atoms with van der Waals surface area (Å²) in [5, 5.41) is 3.08. The second kappa shape index (κ2) is 6.69. The fraction of sp³-hybridized carbons (Fsp3) is 0.0526. The number of fused-ring (bicyclic) bond motifs is 1. The van der Waals surface area contributed by atoms with E-state index in [1.807, 2.05) is 0 Å². The minimum Gasteiger partial charge on any atom is -0.420 e. The van der Waals surface area contributed by atoms with Crippen LogP contribution in [0.15, 0.2) is 59.1 Å². The van der Waals surface area contributed by atoms with Crippen LogP contribution in [-0.4, -0.2) is 34.2 Å². The Hall–Kier alpha value is -3.45. The third kappa shape index (κ3) is 3.20. The summed E-state index contributed by atoms with van der Waals surface area (Å²) < 4.78 is 5.49. The fourth-order valence-electron chi connectivity index (χ4n) is 2.76. The average molecular weight is 382 g/mol. The lowest BCUT2D eigenvalue weighted by molar-refractivity contribution is -0.116. The summed E-state index contributed by atoms with van der Waals surface area (Å²) in [6.45, 7) is -0.413. The molecule has 0 unspecified atom stereocenters. The minimum absolute atomic E-state index is 0.113. The van der Waals surface area contributed by atoms with E-state index in [-0.39, 0.29) is 5.88 Å². The van der Waals surface area contributed by atoms with Crippen molar-refractivity contribution in [1.82, 2.24) is 9.88 Å². The van der Waals surface area contributed by atoms with Crippen LogP contribution in [0.5, 0.6) is 0 Å². The number of carbonyl (C=O) groups excluding carboxylic acids is 3. The van der Waals surface area contributed by atoms with Crippen molar-refractivity contribution >= 4 is 35.2 Å². The standard InChI is InChI=1S/C19H12ClN3O4/c20-12-7-5-11(6-8-12)17-21-9-16(27-17)22-15(24)10-23-18(25)13-3-1-2-4-14(13)19(23)26/h1-9H,10H2,(H,22,24). The smallest absolute Gasteiger partial charge is 0.262 e. The molecule has 4 rings (SSSR count). The van der Waals surface area contributed by atoms with Crippen LogP contribution in [0.2, 0.25) is 5.02 Å². The number of nitrogens with one attached hydrogen (secondary N) is 1. The van der Waals surface area contributed by atoms with Gasteiger partial charge in [0.1, 0.15) is 6.54 Å². The van der Waals surface area contributed by atoms with Gasteiger partial charge in [-0.05, 0) is 36.4 Å². The van der Waals surface area contributed by atoms with Gasteiger partial charge in [-0.3, -0.25) is 24.6 Å². The van der Waals surface area contributed by atoms with Crippen molar-refractivity contribution in [2.24, 2.45) is 0 Å². The molecule has 2 heterocycles. The number of hydrogen-bond donors (Lipinski definition) is 1. The lowest BCUT2D eigenvalue weighted by atomic mass is 10.1. The van der Waals surface area contributed by atoms with Crippen LogP contribution in [0.4, 0.5) is 5.88 Å². The number of amides is 3. The molecule has 0 fully saturated rings. The molecule has 2 aromatic carbocycles. The highest BCUT2D eigenvalue weighted by molar-refractivity contribution is 6.30. The lowest BCUT2D eigenvalue weighted by Crippen LogP contribution is -2.37. The van der Waals surface area contributed by atoms with Gasteiger partial charge in [0.2, 0.25) is 17.7 Å². The number of hydrogen-bond acceptors (Lipinski definition) is 5. The van der Waals surface area contributed by atoms with E-state index in [0.717, 1.165) is 4.90 Å². The topological polar surface area (TPSA) is 92.5 Å². The van der Waals surface area contributed by atoms with Crippen LogP contribution in [-0.2, 0) is 4.79 Å². The third-order valence-electron chi connectivity index (χ3n) is 4.04. The maximum absolute atomic E-state index is 12.3. The van der Waals surface area contributed by atoms with Crippen LogP contribution in [0.1, 0.15) is 20.7 Å². The molecule has 8 heteroatoms. The van der Waals surface area contributed by atoms with Gasteiger partial charge in [0, 0.05) is 10.6 Å². The summed E-state index contributed by atoms with van der Waals surface area (Å²) in [4.78, 5) is 41.8. The Bertz CT molecular complexity index is 1020. The number of carbonyl (C=O) groups is 3. The number of rotatable bonds is 4. The van der Waals surface area contributed by atoms with Crippen molar-refractivity contribution in [3.63, 3.8) is 0 Å². The summed E-state index contributed by atoms with van der Waals surface area (Å²) in [6, 6.07) is 13.3. The molecular formula is C19H12ClN3O4. The lowest BCUT2D eigenvalue weighted by Gasteiger charge is -2.12. The molecule has 1 aromatic heterocycles. The molecule has 1 aliphatic rings. The molecule has 3 aromatic rings. The first-order valence-corrected chi connectivity index (χ1v) is 8.37. The van der Waals surface area contributed by atoms with E-state index in [0.29, 0.717) is 27.6 Å². The molecule has 0 saturated heterocycles. The van der Waals surface area contributed by atoms with Gasteiger partial charge in [-0.2, -0.15) is 0 Å². The predicted octanol–water partition coefficient (Wildman–Crippen LogP) is 3.23. The highest BCUT2D eigenvalue weighted by Crippen LogP contribution is 2.24. The first kappa shape index (κ1) is 17.0. The van der Waals surface area contributed by atoms with Crippen molar-refractivity contribution in [3.8, 4) is 11.5 Å². The minimum atomic E-state index is -0.566. The van der Waals surface area contributed by atoms with Gasteiger partial charge >= 0.3 is 0 Å². The summed E-state index contributed by atoms with van der Waals surface area (Å²) in [6.07, 6.45) is 1.35. The molecule has 3 amide bonds. The Balaban J connectivity index is 1.44. The Kier molecular flexibility index (Phi) is 4.21. The number of imide groups is 1. The van der Waals surface area contributed by atoms with Crippen molar-refractivity contribution < 1.29 is 18.8 Å². The molecule has 0 spiro atoms. The molecule has 0 atom stereocenters. The maximum Gasteiger partial charge on any atom is 0.262 e. The normalized spacial score (nSPS) is 13.0. The van der Waals surface area contributed by atoms with E-state index in [1.54, 1.807) is 48.5 Å². The second-order valence-electron chi connectivity index (χ2n) is 5.83. The first-order chi connectivity index (χ1) is 13.0. The van der Waals surface area contributed by atoms with Crippen LogP contribution in [0, 0.1) is 0 Å².